The van der Waals surface area contributed by atoms with Crippen molar-refractivity contribution in [1.82, 2.24) is 0 Å². The van der Waals surface area contributed by atoms with Crippen LogP contribution < -0.4 is 0 Å². The molecule has 0 bridgehead atoms. The fourth-order valence-corrected chi connectivity index (χ4v) is 2.69. The van der Waals surface area contributed by atoms with Crippen molar-refractivity contribution in [2.45, 2.75) is 6.92 Å². The Hall–Kier alpha value is -2.26. The van der Waals surface area contributed by atoms with E-state index in [-0.39, 0.29) is 11.5 Å². The van der Waals surface area contributed by atoms with Gasteiger partial charge >= 0.3 is 0 Å². The first kappa shape index (κ1) is 13.7. The van der Waals surface area contributed by atoms with E-state index in [0.29, 0.717) is 17.1 Å². The molecule has 0 aromatic heterocycles. The Labute approximate surface area is 127 Å². The number of rotatable bonds is 2. The van der Waals surface area contributed by atoms with Gasteiger partial charge in [-0.1, -0.05) is 23.7 Å². The molecule has 106 valence electrons. The average Bonchev–Trinajstić information content (AvgIpc) is 2.82. The quantitative estimate of drug-likeness (QED) is 0.876. The molecule has 2 aromatic carbocycles. The van der Waals surface area contributed by atoms with Crippen LogP contribution in [0.15, 0.2) is 47.5 Å². The summed E-state index contributed by atoms with van der Waals surface area (Å²) in [5.41, 5.74) is 4.60. The fraction of sp³-hybridized carbons (Fsp3) is 0.118. The summed E-state index contributed by atoms with van der Waals surface area (Å²) in [5.74, 6) is 0.0990. The van der Waals surface area contributed by atoms with E-state index in [2.05, 4.69) is 4.99 Å². The third-order valence-electron chi connectivity index (χ3n) is 3.58. The van der Waals surface area contributed by atoms with Crippen LogP contribution in [0.2, 0.25) is 5.02 Å². The topological polar surface area (TPSA) is 52.8 Å². The highest BCUT2D eigenvalue weighted by atomic mass is 35.5. The van der Waals surface area contributed by atoms with Gasteiger partial charge in [0.15, 0.2) is 0 Å². The zero-order chi connectivity index (χ0) is 15.0. The zero-order valence-corrected chi connectivity index (χ0v) is 12.2. The highest BCUT2D eigenvalue weighted by Crippen LogP contribution is 2.37. The van der Waals surface area contributed by atoms with Crippen molar-refractivity contribution in [2.75, 3.05) is 6.54 Å². The minimum Gasteiger partial charge on any atom is -0.508 e. The van der Waals surface area contributed by atoms with Crippen LogP contribution in [0.25, 0.3) is 11.1 Å². The van der Waals surface area contributed by atoms with Crippen LogP contribution in [0.5, 0.6) is 11.5 Å². The van der Waals surface area contributed by atoms with Crippen molar-refractivity contribution in [2.24, 2.45) is 4.99 Å². The minimum absolute atomic E-state index is 0.0422. The predicted octanol–water partition coefficient (Wildman–Crippen LogP) is 4.14. The molecule has 0 unspecified atom stereocenters. The van der Waals surface area contributed by atoms with Gasteiger partial charge in [0.2, 0.25) is 0 Å². The van der Waals surface area contributed by atoms with Crippen LogP contribution in [-0.4, -0.2) is 22.5 Å². The molecule has 21 heavy (non-hydrogen) atoms. The van der Waals surface area contributed by atoms with Crippen molar-refractivity contribution in [3.8, 4) is 11.5 Å². The molecule has 0 atom stereocenters. The van der Waals surface area contributed by atoms with Crippen molar-refractivity contribution in [3.05, 3.63) is 58.6 Å². The molecule has 0 radical (unpaired) electrons. The van der Waals surface area contributed by atoms with Crippen LogP contribution in [0.1, 0.15) is 18.1 Å². The number of nitrogens with zero attached hydrogens (tertiary/aromatic N) is 1. The summed E-state index contributed by atoms with van der Waals surface area (Å²) in [6, 6.07) is 12.2. The van der Waals surface area contributed by atoms with E-state index in [0.717, 1.165) is 22.4 Å². The van der Waals surface area contributed by atoms with Gasteiger partial charge in [0.1, 0.15) is 11.5 Å². The Morgan fingerprint density at radius 2 is 1.76 bits per heavy atom. The van der Waals surface area contributed by atoms with E-state index in [1.165, 1.54) is 6.07 Å². The van der Waals surface area contributed by atoms with Gasteiger partial charge in [-0.2, -0.15) is 0 Å². The lowest BCUT2D eigenvalue weighted by Crippen LogP contribution is -1.96. The summed E-state index contributed by atoms with van der Waals surface area (Å²) in [5, 5.41) is 20.2. The maximum atomic E-state index is 10.1. The maximum Gasteiger partial charge on any atom is 0.126 e. The molecule has 0 spiro atoms. The number of phenolic OH excluding ortho intramolecular Hbond substituents is 2. The van der Waals surface area contributed by atoms with E-state index in [9.17, 15) is 10.2 Å². The lowest BCUT2D eigenvalue weighted by Gasteiger charge is -2.11. The van der Waals surface area contributed by atoms with Gasteiger partial charge in [-0.05, 0) is 42.3 Å². The second-order valence-corrected chi connectivity index (χ2v) is 5.40. The molecule has 3 rings (SSSR count). The van der Waals surface area contributed by atoms with E-state index < -0.39 is 0 Å². The van der Waals surface area contributed by atoms with Crippen LogP contribution in [-0.2, 0) is 0 Å². The SMILES string of the molecule is CC1=NCC(c2ccc(O)cc2O)=C1c1ccc(Cl)cc1. The number of hydrogen-bond donors (Lipinski definition) is 2. The summed E-state index contributed by atoms with van der Waals surface area (Å²) in [6.07, 6.45) is 0. The standard InChI is InChI=1S/C17H14ClNO2/c1-10-17(11-2-4-12(18)5-3-11)15(9-19-10)14-7-6-13(20)8-16(14)21/h2-8,20-21H,9H2,1H3. The molecule has 1 aliphatic rings. The number of aliphatic imine (C=N–C) groups is 1. The summed E-state index contributed by atoms with van der Waals surface area (Å²) in [6.45, 7) is 2.47. The first-order valence-electron chi connectivity index (χ1n) is 6.59. The third-order valence-corrected chi connectivity index (χ3v) is 3.83. The van der Waals surface area contributed by atoms with Gasteiger partial charge in [-0.3, -0.25) is 4.99 Å². The summed E-state index contributed by atoms with van der Waals surface area (Å²) in [4.78, 5) is 4.47. The van der Waals surface area contributed by atoms with E-state index >= 15 is 0 Å². The Morgan fingerprint density at radius 3 is 2.43 bits per heavy atom. The first-order valence-corrected chi connectivity index (χ1v) is 6.97. The summed E-state index contributed by atoms with van der Waals surface area (Å²) >= 11 is 5.94. The summed E-state index contributed by atoms with van der Waals surface area (Å²) < 4.78 is 0. The van der Waals surface area contributed by atoms with Crippen LogP contribution in [0, 0.1) is 0 Å². The smallest absolute Gasteiger partial charge is 0.126 e. The summed E-state index contributed by atoms with van der Waals surface area (Å²) in [7, 11) is 0. The monoisotopic (exact) mass is 299 g/mol. The third kappa shape index (κ3) is 2.52. The van der Waals surface area contributed by atoms with E-state index in [1.807, 2.05) is 31.2 Å². The number of aromatic hydroxyl groups is 2. The van der Waals surface area contributed by atoms with Crippen molar-refractivity contribution >= 4 is 28.5 Å². The lowest BCUT2D eigenvalue weighted by atomic mass is 9.93. The zero-order valence-electron chi connectivity index (χ0n) is 11.5. The predicted molar refractivity (Wildman–Crippen MR) is 86.0 cm³/mol. The maximum absolute atomic E-state index is 10.1. The minimum atomic E-state index is 0.0422. The molecule has 2 N–H and O–H groups in total. The molecule has 2 aromatic rings. The molecule has 0 saturated carbocycles. The molecule has 0 fully saturated rings. The number of benzene rings is 2. The molecule has 3 nitrogen and oxygen atoms in total. The van der Waals surface area contributed by atoms with Gasteiger partial charge in [0.05, 0.1) is 6.54 Å². The number of halogens is 1. The number of phenols is 2. The first-order chi connectivity index (χ1) is 10.1. The molecule has 0 aliphatic carbocycles. The molecule has 0 amide bonds. The average molecular weight is 300 g/mol. The number of hydrogen-bond acceptors (Lipinski definition) is 3. The van der Waals surface area contributed by atoms with Crippen LogP contribution in [0.3, 0.4) is 0 Å². The van der Waals surface area contributed by atoms with Crippen molar-refractivity contribution in [1.29, 1.82) is 0 Å². The van der Waals surface area contributed by atoms with Gasteiger partial charge in [0.25, 0.3) is 0 Å². The Morgan fingerprint density at radius 1 is 1.05 bits per heavy atom. The second-order valence-electron chi connectivity index (χ2n) is 4.96. The largest absolute Gasteiger partial charge is 0.508 e. The Kier molecular flexibility index (Phi) is 3.43. The molecule has 1 aliphatic heterocycles. The van der Waals surface area contributed by atoms with Crippen LogP contribution >= 0.6 is 11.6 Å². The van der Waals surface area contributed by atoms with Gasteiger partial charge in [0, 0.05) is 27.9 Å². The van der Waals surface area contributed by atoms with Gasteiger partial charge in [-0.15, -0.1) is 0 Å². The molecule has 1 heterocycles. The molecular formula is C17H14ClNO2. The number of allylic oxidation sites excluding steroid dienone is 1. The van der Waals surface area contributed by atoms with Crippen LogP contribution in [0.4, 0.5) is 0 Å². The molecule has 4 heteroatoms. The highest BCUT2D eigenvalue weighted by Gasteiger charge is 2.21. The van der Waals surface area contributed by atoms with Crippen molar-refractivity contribution in [3.63, 3.8) is 0 Å². The normalized spacial score (nSPS) is 14.5. The van der Waals surface area contributed by atoms with E-state index in [4.69, 9.17) is 11.6 Å². The Bertz CT molecular complexity index is 761. The molecular weight excluding hydrogens is 286 g/mol. The molecule has 0 saturated heterocycles. The van der Waals surface area contributed by atoms with Gasteiger partial charge < -0.3 is 10.2 Å². The Balaban J connectivity index is 2.16. The van der Waals surface area contributed by atoms with E-state index in [1.54, 1.807) is 12.1 Å². The van der Waals surface area contributed by atoms with Crippen molar-refractivity contribution < 1.29 is 10.2 Å². The fourth-order valence-electron chi connectivity index (χ4n) is 2.57. The second kappa shape index (κ2) is 5.26. The van der Waals surface area contributed by atoms with Gasteiger partial charge in [-0.25, -0.2) is 0 Å². The highest BCUT2D eigenvalue weighted by molar-refractivity contribution is 6.33. The lowest BCUT2D eigenvalue weighted by molar-refractivity contribution is 0.449.